The van der Waals surface area contributed by atoms with Crippen molar-refractivity contribution in [3.8, 4) is 0 Å². The number of halogens is 2. The van der Waals surface area contributed by atoms with Crippen LogP contribution in [0.3, 0.4) is 0 Å². The third kappa shape index (κ3) is 3.11. The molecule has 0 bridgehead atoms. The van der Waals surface area contributed by atoms with Crippen molar-refractivity contribution >= 4 is 39.2 Å². The van der Waals surface area contributed by atoms with E-state index in [-0.39, 0.29) is 12.4 Å². The van der Waals surface area contributed by atoms with E-state index >= 15 is 0 Å². The van der Waals surface area contributed by atoms with Gasteiger partial charge in [0.05, 0.1) is 11.6 Å². The van der Waals surface area contributed by atoms with Crippen LogP contribution in [0.4, 0.5) is 0 Å². The summed E-state index contributed by atoms with van der Waals surface area (Å²) in [4.78, 5) is 3.71. The van der Waals surface area contributed by atoms with Gasteiger partial charge in [0.2, 0.25) is 0 Å². The molecule has 1 aromatic carbocycles. The Morgan fingerprint density at radius 2 is 1.91 bits per heavy atom. The first-order chi connectivity index (χ1) is 10.7. The maximum absolute atomic E-state index is 3.76. The predicted octanol–water partition coefficient (Wildman–Crippen LogP) is 5.74. The molecule has 0 radical (unpaired) electrons. The van der Waals surface area contributed by atoms with E-state index in [1.165, 1.54) is 64.3 Å². The Kier molecular flexibility index (Phi) is 5.19. The van der Waals surface area contributed by atoms with Gasteiger partial charge in [0.15, 0.2) is 0 Å². The van der Waals surface area contributed by atoms with E-state index in [0.717, 1.165) is 13.0 Å². The van der Waals surface area contributed by atoms with E-state index in [1.54, 1.807) is 5.57 Å². The smallest absolute Gasteiger partial charge is 0.0664 e. The van der Waals surface area contributed by atoms with Crippen molar-refractivity contribution in [2.45, 2.75) is 51.5 Å². The van der Waals surface area contributed by atoms with Crippen LogP contribution < -0.4 is 5.32 Å². The van der Waals surface area contributed by atoms with Crippen LogP contribution in [0.15, 0.2) is 28.3 Å². The van der Waals surface area contributed by atoms with Gasteiger partial charge in [0.1, 0.15) is 0 Å². The number of allylic oxidation sites excluding steroid dienone is 1. The SMILES string of the molecule is Cc1ccc2c3c([nH]c2c1Br)C(C=C1CCCCC1)NCC3.Cl. The van der Waals surface area contributed by atoms with Crippen LogP contribution in [0.5, 0.6) is 0 Å². The molecular weight excluding hydrogens is 372 g/mol. The summed E-state index contributed by atoms with van der Waals surface area (Å²) in [7, 11) is 0. The molecule has 124 valence electrons. The second-order valence-corrected chi connectivity index (χ2v) is 7.50. The van der Waals surface area contributed by atoms with Gasteiger partial charge in [-0.3, -0.25) is 0 Å². The van der Waals surface area contributed by atoms with Gasteiger partial charge in [-0.1, -0.05) is 30.2 Å². The van der Waals surface area contributed by atoms with E-state index in [1.807, 2.05) is 0 Å². The first kappa shape index (κ1) is 17.1. The lowest BCUT2D eigenvalue weighted by Gasteiger charge is -2.24. The number of benzene rings is 1. The maximum Gasteiger partial charge on any atom is 0.0664 e. The highest BCUT2D eigenvalue weighted by molar-refractivity contribution is 9.10. The summed E-state index contributed by atoms with van der Waals surface area (Å²) in [5.41, 5.74) is 7.09. The first-order valence-corrected chi connectivity index (χ1v) is 9.26. The van der Waals surface area contributed by atoms with Crippen LogP contribution in [0.2, 0.25) is 0 Å². The molecule has 2 N–H and O–H groups in total. The number of aromatic amines is 1. The van der Waals surface area contributed by atoms with Crippen molar-refractivity contribution in [3.63, 3.8) is 0 Å². The third-order valence-electron chi connectivity index (χ3n) is 5.19. The molecule has 0 amide bonds. The standard InChI is InChI=1S/C19H23BrN2.ClH/c1-12-7-8-14-15-9-10-21-16(11-13-5-3-2-4-6-13)18(15)22-19(14)17(12)20;/h7-8,11,16,21-22H,2-6,9-10H2,1H3;1H. The van der Waals surface area contributed by atoms with Crippen molar-refractivity contribution in [2.75, 3.05) is 6.54 Å². The number of aromatic nitrogens is 1. The van der Waals surface area contributed by atoms with E-state index in [2.05, 4.69) is 51.4 Å². The topological polar surface area (TPSA) is 27.8 Å². The Bertz CT molecular complexity index is 739. The monoisotopic (exact) mass is 394 g/mol. The van der Waals surface area contributed by atoms with Gasteiger partial charge in [-0.2, -0.15) is 0 Å². The lowest BCUT2D eigenvalue weighted by atomic mass is 9.91. The van der Waals surface area contributed by atoms with Crippen LogP contribution in [-0.2, 0) is 6.42 Å². The zero-order valence-electron chi connectivity index (χ0n) is 13.5. The molecule has 0 saturated heterocycles. The second-order valence-electron chi connectivity index (χ2n) is 6.70. The summed E-state index contributed by atoms with van der Waals surface area (Å²) in [6, 6.07) is 4.86. The number of H-pyrrole nitrogens is 1. The van der Waals surface area contributed by atoms with Gasteiger partial charge in [0.25, 0.3) is 0 Å². The highest BCUT2D eigenvalue weighted by Gasteiger charge is 2.24. The zero-order chi connectivity index (χ0) is 15.1. The minimum Gasteiger partial charge on any atom is -0.356 e. The normalized spacial score (nSPS) is 21.0. The van der Waals surface area contributed by atoms with Gasteiger partial charge in [-0.15, -0.1) is 12.4 Å². The van der Waals surface area contributed by atoms with Crippen LogP contribution in [-0.4, -0.2) is 11.5 Å². The Labute approximate surface area is 152 Å². The number of fused-ring (bicyclic) bond motifs is 3. The summed E-state index contributed by atoms with van der Waals surface area (Å²) in [6.45, 7) is 3.23. The van der Waals surface area contributed by atoms with Crippen molar-refractivity contribution < 1.29 is 0 Å². The van der Waals surface area contributed by atoms with Crippen molar-refractivity contribution in [1.82, 2.24) is 10.3 Å². The molecular formula is C19H24BrClN2. The van der Waals surface area contributed by atoms with E-state index < -0.39 is 0 Å². The average Bonchev–Trinajstić information content (AvgIpc) is 2.93. The molecule has 2 heterocycles. The van der Waals surface area contributed by atoms with Gasteiger partial charge < -0.3 is 10.3 Å². The van der Waals surface area contributed by atoms with E-state index in [4.69, 9.17) is 0 Å². The predicted molar refractivity (Wildman–Crippen MR) is 104 cm³/mol. The average molecular weight is 396 g/mol. The Balaban J connectivity index is 0.00000156. The number of nitrogens with one attached hydrogen (secondary N) is 2. The highest BCUT2D eigenvalue weighted by Crippen LogP contribution is 2.36. The van der Waals surface area contributed by atoms with Crippen molar-refractivity contribution in [2.24, 2.45) is 0 Å². The Hall–Kier alpha value is -0.770. The van der Waals surface area contributed by atoms with Crippen LogP contribution >= 0.6 is 28.3 Å². The first-order valence-electron chi connectivity index (χ1n) is 8.46. The number of rotatable bonds is 1. The third-order valence-corrected chi connectivity index (χ3v) is 6.22. The molecule has 2 nitrogen and oxygen atoms in total. The Morgan fingerprint density at radius 3 is 2.70 bits per heavy atom. The minimum absolute atomic E-state index is 0. The Morgan fingerprint density at radius 1 is 1.13 bits per heavy atom. The van der Waals surface area contributed by atoms with Crippen molar-refractivity contribution in [3.05, 3.63) is 45.1 Å². The molecule has 1 atom stereocenters. The van der Waals surface area contributed by atoms with Crippen LogP contribution in [0.1, 0.15) is 55.0 Å². The molecule has 0 spiro atoms. The molecule has 1 aromatic heterocycles. The molecule has 1 unspecified atom stereocenters. The lowest BCUT2D eigenvalue weighted by molar-refractivity contribution is 0.551. The maximum atomic E-state index is 3.76. The van der Waals surface area contributed by atoms with Gasteiger partial charge >= 0.3 is 0 Å². The molecule has 4 rings (SSSR count). The number of aryl methyl sites for hydroxylation is 1. The van der Waals surface area contributed by atoms with Crippen LogP contribution in [0.25, 0.3) is 10.9 Å². The summed E-state index contributed by atoms with van der Waals surface area (Å²) in [5.74, 6) is 0. The van der Waals surface area contributed by atoms with Crippen LogP contribution in [0, 0.1) is 6.92 Å². The summed E-state index contributed by atoms with van der Waals surface area (Å²) < 4.78 is 1.21. The molecule has 2 aliphatic rings. The minimum atomic E-state index is 0. The molecule has 1 fully saturated rings. The van der Waals surface area contributed by atoms with E-state index in [0.29, 0.717) is 6.04 Å². The van der Waals surface area contributed by atoms with E-state index in [9.17, 15) is 0 Å². The summed E-state index contributed by atoms with van der Waals surface area (Å²) in [6.07, 6.45) is 10.3. The summed E-state index contributed by atoms with van der Waals surface area (Å²) in [5, 5.41) is 5.08. The van der Waals surface area contributed by atoms with Gasteiger partial charge in [-0.05, 0) is 66.1 Å². The molecule has 1 aliphatic heterocycles. The fraction of sp³-hybridized carbons (Fsp3) is 0.474. The number of hydrogen-bond acceptors (Lipinski definition) is 1. The van der Waals surface area contributed by atoms with Gasteiger partial charge in [0, 0.05) is 22.1 Å². The van der Waals surface area contributed by atoms with Gasteiger partial charge in [-0.25, -0.2) is 0 Å². The largest absolute Gasteiger partial charge is 0.356 e. The molecule has 2 aromatic rings. The quantitative estimate of drug-likeness (QED) is 0.592. The number of hydrogen-bond donors (Lipinski definition) is 2. The second kappa shape index (κ2) is 7.00. The highest BCUT2D eigenvalue weighted by atomic mass is 79.9. The fourth-order valence-corrected chi connectivity index (χ4v) is 4.39. The fourth-order valence-electron chi connectivity index (χ4n) is 3.95. The summed E-state index contributed by atoms with van der Waals surface area (Å²) >= 11 is 3.76. The molecule has 4 heteroatoms. The van der Waals surface area contributed by atoms with Crippen molar-refractivity contribution in [1.29, 1.82) is 0 Å². The zero-order valence-corrected chi connectivity index (χ0v) is 15.9. The lowest BCUT2D eigenvalue weighted by Crippen LogP contribution is -2.28. The molecule has 1 aliphatic carbocycles. The molecule has 23 heavy (non-hydrogen) atoms. The molecule has 1 saturated carbocycles.